The van der Waals surface area contributed by atoms with Crippen LogP contribution in [0.1, 0.15) is 5.69 Å². The van der Waals surface area contributed by atoms with Gasteiger partial charge in [-0.25, -0.2) is 4.39 Å². The molecule has 5 nitrogen and oxygen atoms in total. The van der Waals surface area contributed by atoms with Crippen LogP contribution in [-0.2, 0) is 11.8 Å². The SMILES string of the molecule is Cc1cc(NC(=O)COc2ccccc2F)n(C)n1. The monoisotopic (exact) mass is 263 g/mol. The lowest BCUT2D eigenvalue weighted by Crippen LogP contribution is -2.21. The van der Waals surface area contributed by atoms with E-state index >= 15 is 0 Å². The van der Waals surface area contributed by atoms with E-state index in [4.69, 9.17) is 4.74 Å². The Balaban J connectivity index is 1.92. The topological polar surface area (TPSA) is 56.1 Å². The lowest BCUT2D eigenvalue weighted by atomic mass is 10.3. The molecule has 0 atom stereocenters. The smallest absolute Gasteiger partial charge is 0.263 e. The van der Waals surface area contributed by atoms with Gasteiger partial charge in [0.25, 0.3) is 5.91 Å². The number of aryl methyl sites for hydroxylation is 2. The van der Waals surface area contributed by atoms with Crippen LogP contribution in [0, 0.1) is 12.7 Å². The van der Waals surface area contributed by atoms with Gasteiger partial charge in [-0.05, 0) is 19.1 Å². The molecule has 2 aromatic rings. The number of nitrogens with zero attached hydrogens (tertiary/aromatic N) is 2. The summed E-state index contributed by atoms with van der Waals surface area (Å²) in [5.74, 6) is -0.239. The number of amides is 1. The molecule has 1 aromatic carbocycles. The number of hydrogen-bond donors (Lipinski definition) is 1. The molecule has 1 heterocycles. The van der Waals surface area contributed by atoms with Gasteiger partial charge in [-0.15, -0.1) is 0 Å². The van der Waals surface area contributed by atoms with Crippen LogP contribution in [-0.4, -0.2) is 22.3 Å². The number of benzene rings is 1. The Morgan fingerprint density at radius 2 is 2.21 bits per heavy atom. The molecule has 1 amide bonds. The first-order valence-electron chi connectivity index (χ1n) is 5.74. The van der Waals surface area contributed by atoms with Crippen LogP contribution in [0.3, 0.4) is 0 Å². The first-order chi connectivity index (χ1) is 9.06. The number of rotatable bonds is 4. The van der Waals surface area contributed by atoms with E-state index in [1.807, 2.05) is 6.92 Å². The Kier molecular flexibility index (Phi) is 3.79. The van der Waals surface area contributed by atoms with Gasteiger partial charge in [0.15, 0.2) is 18.2 Å². The van der Waals surface area contributed by atoms with Crippen LogP contribution in [0.25, 0.3) is 0 Å². The van der Waals surface area contributed by atoms with Crippen molar-refractivity contribution in [2.45, 2.75) is 6.92 Å². The third-order valence-corrected chi connectivity index (χ3v) is 2.46. The minimum absolute atomic E-state index is 0.0545. The highest BCUT2D eigenvalue weighted by molar-refractivity contribution is 5.91. The van der Waals surface area contributed by atoms with Gasteiger partial charge in [-0.1, -0.05) is 12.1 Å². The summed E-state index contributed by atoms with van der Waals surface area (Å²) in [5, 5.41) is 6.73. The fraction of sp³-hybridized carbons (Fsp3) is 0.231. The molecule has 6 heteroatoms. The van der Waals surface area contributed by atoms with Gasteiger partial charge in [-0.3, -0.25) is 9.48 Å². The molecule has 0 aliphatic carbocycles. The third kappa shape index (κ3) is 3.31. The maximum absolute atomic E-state index is 13.3. The van der Waals surface area contributed by atoms with Crippen LogP contribution in [0.2, 0.25) is 0 Å². The minimum atomic E-state index is -0.494. The summed E-state index contributed by atoms with van der Waals surface area (Å²) in [4.78, 5) is 11.7. The fourth-order valence-corrected chi connectivity index (χ4v) is 1.61. The van der Waals surface area contributed by atoms with Gasteiger partial charge < -0.3 is 10.1 Å². The van der Waals surface area contributed by atoms with E-state index in [-0.39, 0.29) is 18.3 Å². The second kappa shape index (κ2) is 5.51. The number of carbonyl (C=O) groups excluding carboxylic acids is 1. The highest BCUT2D eigenvalue weighted by Crippen LogP contribution is 2.15. The van der Waals surface area contributed by atoms with E-state index in [0.717, 1.165) is 5.69 Å². The Bertz CT molecular complexity index is 595. The average molecular weight is 263 g/mol. The maximum atomic E-state index is 13.3. The summed E-state index contributed by atoms with van der Waals surface area (Å²) in [6, 6.07) is 7.68. The molecule has 1 aromatic heterocycles. The number of carbonyl (C=O) groups is 1. The van der Waals surface area contributed by atoms with E-state index in [2.05, 4.69) is 10.4 Å². The summed E-state index contributed by atoms with van der Waals surface area (Å²) < 4.78 is 19.9. The Labute approximate surface area is 110 Å². The molecule has 0 bridgehead atoms. The second-order valence-corrected chi connectivity index (χ2v) is 4.06. The molecular weight excluding hydrogens is 249 g/mol. The Morgan fingerprint density at radius 3 is 2.84 bits per heavy atom. The molecule has 0 unspecified atom stereocenters. The summed E-state index contributed by atoms with van der Waals surface area (Å²) in [7, 11) is 1.72. The molecule has 100 valence electrons. The summed E-state index contributed by atoms with van der Waals surface area (Å²) in [5.41, 5.74) is 0.799. The van der Waals surface area contributed by atoms with Crippen LogP contribution < -0.4 is 10.1 Å². The standard InChI is InChI=1S/C13H14FN3O2/c1-9-7-12(17(2)16-9)15-13(18)8-19-11-6-4-3-5-10(11)14/h3-7H,8H2,1-2H3,(H,15,18). The zero-order valence-electron chi connectivity index (χ0n) is 10.7. The number of halogens is 1. The van der Waals surface area contributed by atoms with E-state index < -0.39 is 5.82 Å². The van der Waals surface area contributed by atoms with Crippen molar-refractivity contribution in [2.24, 2.45) is 7.05 Å². The first kappa shape index (κ1) is 13.1. The molecule has 0 saturated carbocycles. The first-order valence-corrected chi connectivity index (χ1v) is 5.74. The number of anilines is 1. The zero-order chi connectivity index (χ0) is 13.8. The number of nitrogens with one attached hydrogen (secondary N) is 1. The average Bonchev–Trinajstić information content (AvgIpc) is 2.67. The number of hydrogen-bond acceptors (Lipinski definition) is 3. The zero-order valence-corrected chi connectivity index (χ0v) is 10.7. The predicted molar refractivity (Wildman–Crippen MR) is 68.5 cm³/mol. The van der Waals surface area contributed by atoms with Crippen molar-refractivity contribution in [2.75, 3.05) is 11.9 Å². The lowest BCUT2D eigenvalue weighted by Gasteiger charge is -2.07. The van der Waals surface area contributed by atoms with Crippen molar-refractivity contribution in [3.05, 3.63) is 41.8 Å². The van der Waals surface area contributed by atoms with Crippen molar-refractivity contribution >= 4 is 11.7 Å². The Morgan fingerprint density at radius 1 is 1.47 bits per heavy atom. The molecule has 2 rings (SSSR count). The largest absolute Gasteiger partial charge is 0.481 e. The summed E-state index contributed by atoms with van der Waals surface area (Å²) in [6.45, 7) is 1.57. The van der Waals surface area contributed by atoms with Crippen molar-refractivity contribution in [3.63, 3.8) is 0 Å². The highest BCUT2D eigenvalue weighted by Gasteiger charge is 2.09. The van der Waals surface area contributed by atoms with Crippen LogP contribution in [0.4, 0.5) is 10.2 Å². The molecule has 0 spiro atoms. The van der Waals surface area contributed by atoms with Gasteiger partial charge in [0, 0.05) is 13.1 Å². The molecule has 19 heavy (non-hydrogen) atoms. The Hall–Kier alpha value is -2.37. The quantitative estimate of drug-likeness (QED) is 0.916. The van der Waals surface area contributed by atoms with Gasteiger partial charge >= 0.3 is 0 Å². The number of para-hydroxylation sites is 1. The maximum Gasteiger partial charge on any atom is 0.263 e. The normalized spacial score (nSPS) is 10.3. The number of aromatic nitrogens is 2. The lowest BCUT2D eigenvalue weighted by molar-refractivity contribution is -0.118. The predicted octanol–water partition coefficient (Wildman–Crippen LogP) is 1.89. The second-order valence-electron chi connectivity index (χ2n) is 4.06. The molecule has 0 aliphatic heterocycles. The van der Waals surface area contributed by atoms with E-state index in [9.17, 15) is 9.18 Å². The molecule has 0 fully saturated rings. The highest BCUT2D eigenvalue weighted by atomic mass is 19.1. The molecule has 0 radical (unpaired) electrons. The van der Waals surface area contributed by atoms with Crippen LogP contribution in [0.5, 0.6) is 5.75 Å². The summed E-state index contributed by atoms with van der Waals surface area (Å²) in [6.07, 6.45) is 0. The van der Waals surface area contributed by atoms with Gasteiger partial charge in [0.05, 0.1) is 5.69 Å². The van der Waals surface area contributed by atoms with Crippen molar-refractivity contribution in [3.8, 4) is 5.75 Å². The molecule has 0 aliphatic rings. The van der Waals surface area contributed by atoms with Gasteiger partial charge in [-0.2, -0.15) is 5.10 Å². The van der Waals surface area contributed by atoms with Crippen LogP contribution >= 0.6 is 0 Å². The van der Waals surface area contributed by atoms with Gasteiger partial charge in [0.2, 0.25) is 0 Å². The van der Waals surface area contributed by atoms with Crippen molar-refractivity contribution < 1.29 is 13.9 Å². The van der Waals surface area contributed by atoms with Gasteiger partial charge in [0.1, 0.15) is 5.82 Å². The van der Waals surface area contributed by atoms with Crippen LogP contribution in [0.15, 0.2) is 30.3 Å². The molecule has 1 N–H and O–H groups in total. The molecular formula is C13H14FN3O2. The molecule has 0 saturated heterocycles. The van der Waals surface area contributed by atoms with E-state index in [0.29, 0.717) is 5.82 Å². The van der Waals surface area contributed by atoms with E-state index in [1.54, 1.807) is 29.9 Å². The fourth-order valence-electron chi connectivity index (χ4n) is 1.61. The third-order valence-electron chi connectivity index (χ3n) is 2.46. The van der Waals surface area contributed by atoms with Crippen molar-refractivity contribution in [1.82, 2.24) is 9.78 Å². The minimum Gasteiger partial charge on any atom is -0.481 e. The van der Waals surface area contributed by atoms with E-state index in [1.165, 1.54) is 12.1 Å². The number of ether oxygens (including phenoxy) is 1. The van der Waals surface area contributed by atoms with Crippen molar-refractivity contribution in [1.29, 1.82) is 0 Å². The summed E-state index contributed by atoms with van der Waals surface area (Å²) >= 11 is 0.